The Morgan fingerprint density at radius 2 is 1.67 bits per heavy atom. The lowest BCUT2D eigenvalue weighted by Crippen LogP contribution is -2.47. The summed E-state index contributed by atoms with van der Waals surface area (Å²) in [5.74, 6) is -2.38. The number of amides is 2. The molecular formula is C28H35F3N4O4. The number of nitrogens with zero attached hydrogens (tertiary/aromatic N) is 2. The Labute approximate surface area is 225 Å². The van der Waals surface area contributed by atoms with Gasteiger partial charge in [0.25, 0.3) is 0 Å². The van der Waals surface area contributed by atoms with Gasteiger partial charge in [0.15, 0.2) is 0 Å². The Kier molecular flexibility index (Phi) is 10.8. The molecule has 4 rings (SSSR count). The number of carbonyl (C=O) groups excluding carboxylic acids is 2. The summed E-state index contributed by atoms with van der Waals surface area (Å²) in [5, 5.41) is 10.2. The number of pyridine rings is 1. The van der Waals surface area contributed by atoms with E-state index >= 15 is 0 Å². The van der Waals surface area contributed by atoms with Gasteiger partial charge in [0.2, 0.25) is 11.8 Å². The van der Waals surface area contributed by atoms with Gasteiger partial charge in [0, 0.05) is 43.4 Å². The van der Waals surface area contributed by atoms with Gasteiger partial charge in [0.1, 0.15) is 6.04 Å². The van der Waals surface area contributed by atoms with Crippen LogP contribution in [0.15, 0.2) is 54.7 Å². The van der Waals surface area contributed by atoms with Gasteiger partial charge in [-0.25, -0.2) is 4.79 Å². The number of aromatic nitrogens is 1. The molecule has 1 saturated heterocycles. The highest BCUT2D eigenvalue weighted by Crippen LogP contribution is 2.29. The number of benzene rings is 1. The van der Waals surface area contributed by atoms with Crippen molar-refractivity contribution in [3.05, 3.63) is 66.0 Å². The fourth-order valence-corrected chi connectivity index (χ4v) is 5.05. The number of likely N-dealkylation sites (tertiary alicyclic amines) is 1. The predicted molar refractivity (Wildman–Crippen MR) is 139 cm³/mol. The normalized spacial score (nSPS) is 21.8. The van der Waals surface area contributed by atoms with E-state index in [0.717, 1.165) is 49.8 Å². The number of carbonyl (C=O) groups is 3. The second-order valence-electron chi connectivity index (χ2n) is 10.00. The molecule has 2 aliphatic rings. The molecule has 1 aliphatic heterocycles. The number of rotatable bonds is 7. The standard InChI is InChI=1S/C26H34N4O2.C2HF3O2/c27-21-13-11-19(12-14-21)18-29-26(32)24-10-6-16-30(24)25(31)17-22(20-7-2-1-3-8-20)23-9-4-5-15-28-23;3-2(4,5)1(6)7/h1-5,7-9,15,19,21-22,24H,6,10-14,16-18,27H2,(H,29,32);(H,6,7)/t19?,21?,22?,24-;/m0./s1. The summed E-state index contributed by atoms with van der Waals surface area (Å²) in [4.78, 5) is 41.5. The van der Waals surface area contributed by atoms with Crippen LogP contribution in [0.2, 0.25) is 0 Å². The SMILES string of the molecule is NC1CCC(CNC(=O)[C@@H]2CCCN2C(=O)CC(c2ccccc2)c2ccccn2)CC1.O=C(O)C(F)(F)F. The highest BCUT2D eigenvalue weighted by molar-refractivity contribution is 5.88. The van der Waals surface area contributed by atoms with E-state index in [0.29, 0.717) is 31.5 Å². The zero-order valence-corrected chi connectivity index (χ0v) is 21.6. The quantitative estimate of drug-likeness (QED) is 0.483. The molecule has 2 atom stereocenters. The lowest BCUT2D eigenvalue weighted by molar-refractivity contribution is -0.192. The maximum Gasteiger partial charge on any atom is 0.490 e. The third kappa shape index (κ3) is 9.05. The molecule has 1 saturated carbocycles. The molecule has 8 nitrogen and oxygen atoms in total. The van der Waals surface area contributed by atoms with Crippen LogP contribution in [0.1, 0.15) is 62.1 Å². The first-order valence-corrected chi connectivity index (χ1v) is 13.1. The van der Waals surface area contributed by atoms with Crippen LogP contribution in [0.4, 0.5) is 13.2 Å². The molecule has 2 heterocycles. The number of carboxylic acid groups (broad SMARTS) is 1. The minimum atomic E-state index is -5.08. The number of nitrogens with one attached hydrogen (secondary N) is 1. The Morgan fingerprint density at radius 3 is 2.26 bits per heavy atom. The van der Waals surface area contributed by atoms with E-state index in [4.69, 9.17) is 15.6 Å². The fraction of sp³-hybridized carbons (Fsp3) is 0.500. The Bertz CT molecular complexity index is 1040. The van der Waals surface area contributed by atoms with Crippen LogP contribution in [0.25, 0.3) is 0 Å². The van der Waals surface area contributed by atoms with Gasteiger partial charge in [-0.3, -0.25) is 14.6 Å². The molecule has 2 amide bonds. The summed E-state index contributed by atoms with van der Waals surface area (Å²) in [6, 6.07) is 15.8. The number of nitrogens with two attached hydrogens (primary N) is 1. The molecule has 4 N–H and O–H groups in total. The summed E-state index contributed by atoms with van der Waals surface area (Å²) in [6.45, 7) is 1.32. The lowest BCUT2D eigenvalue weighted by Gasteiger charge is -2.29. The van der Waals surface area contributed by atoms with Crippen LogP contribution in [0, 0.1) is 5.92 Å². The minimum absolute atomic E-state index is 0.0141. The molecule has 0 spiro atoms. The molecule has 1 aromatic carbocycles. The highest BCUT2D eigenvalue weighted by atomic mass is 19.4. The van der Waals surface area contributed by atoms with E-state index < -0.39 is 12.1 Å². The third-order valence-corrected chi connectivity index (χ3v) is 7.20. The highest BCUT2D eigenvalue weighted by Gasteiger charge is 2.38. The van der Waals surface area contributed by atoms with Crippen LogP contribution in [0.5, 0.6) is 0 Å². The van der Waals surface area contributed by atoms with Crippen LogP contribution in [-0.4, -0.2) is 64.1 Å². The second kappa shape index (κ2) is 14.1. The molecule has 0 radical (unpaired) electrons. The largest absolute Gasteiger partial charge is 0.490 e. The van der Waals surface area contributed by atoms with Crippen molar-refractivity contribution < 1.29 is 32.7 Å². The van der Waals surface area contributed by atoms with Gasteiger partial charge in [-0.15, -0.1) is 0 Å². The lowest BCUT2D eigenvalue weighted by atomic mass is 9.86. The average Bonchev–Trinajstić information content (AvgIpc) is 3.42. The number of halogens is 3. The first-order chi connectivity index (χ1) is 18.6. The van der Waals surface area contributed by atoms with E-state index in [-0.39, 0.29) is 23.8 Å². The smallest absolute Gasteiger partial charge is 0.475 e. The zero-order valence-electron chi connectivity index (χ0n) is 21.6. The van der Waals surface area contributed by atoms with Crippen molar-refractivity contribution >= 4 is 17.8 Å². The van der Waals surface area contributed by atoms with Crippen LogP contribution >= 0.6 is 0 Å². The van der Waals surface area contributed by atoms with Gasteiger partial charge in [-0.05, 0) is 62.1 Å². The molecule has 1 aliphatic carbocycles. The Hall–Kier alpha value is -3.47. The number of alkyl halides is 3. The molecule has 1 unspecified atom stereocenters. The number of aliphatic carboxylic acids is 1. The van der Waals surface area contributed by atoms with Crippen molar-refractivity contribution in [3.63, 3.8) is 0 Å². The molecule has 11 heteroatoms. The topological polar surface area (TPSA) is 126 Å². The molecule has 2 aromatic rings. The van der Waals surface area contributed by atoms with Crippen molar-refractivity contribution in [2.75, 3.05) is 13.1 Å². The average molecular weight is 549 g/mol. The van der Waals surface area contributed by atoms with E-state index in [1.54, 1.807) is 11.1 Å². The summed E-state index contributed by atoms with van der Waals surface area (Å²) in [6.07, 6.45) is 2.78. The molecule has 1 aromatic heterocycles. The maximum absolute atomic E-state index is 13.4. The van der Waals surface area contributed by atoms with E-state index in [1.165, 1.54) is 0 Å². The monoisotopic (exact) mass is 548 g/mol. The van der Waals surface area contributed by atoms with Gasteiger partial charge in [-0.1, -0.05) is 36.4 Å². The summed E-state index contributed by atoms with van der Waals surface area (Å²) < 4.78 is 31.7. The Morgan fingerprint density at radius 1 is 1.03 bits per heavy atom. The predicted octanol–water partition coefficient (Wildman–Crippen LogP) is 3.86. The molecule has 2 fully saturated rings. The van der Waals surface area contributed by atoms with Crippen LogP contribution in [0.3, 0.4) is 0 Å². The zero-order chi connectivity index (χ0) is 28.4. The van der Waals surface area contributed by atoms with Crippen molar-refractivity contribution in [1.82, 2.24) is 15.2 Å². The number of hydrogen-bond acceptors (Lipinski definition) is 5. The second-order valence-corrected chi connectivity index (χ2v) is 10.00. The Balaban J connectivity index is 0.000000532. The van der Waals surface area contributed by atoms with Crippen molar-refractivity contribution in [2.24, 2.45) is 11.7 Å². The van der Waals surface area contributed by atoms with Gasteiger partial charge in [0.05, 0.1) is 0 Å². The molecule has 0 bridgehead atoms. The first kappa shape index (κ1) is 30.1. The number of carboxylic acids is 1. The summed E-state index contributed by atoms with van der Waals surface area (Å²) in [7, 11) is 0. The van der Waals surface area contributed by atoms with Crippen molar-refractivity contribution in [3.8, 4) is 0 Å². The molecular weight excluding hydrogens is 513 g/mol. The van der Waals surface area contributed by atoms with Gasteiger partial charge in [-0.2, -0.15) is 13.2 Å². The van der Waals surface area contributed by atoms with E-state index in [9.17, 15) is 22.8 Å². The van der Waals surface area contributed by atoms with E-state index in [2.05, 4.69) is 10.3 Å². The maximum atomic E-state index is 13.4. The minimum Gasteiger partial charge on any atom is -0.475 e. The van der Waals surface area contributed by atoms with Crippen molar-refractivity contribution in [1.29, 1.82) is 0 Å². The third-order valence-electron chi connectivity index (χ3n) is 7.20. The number of hydrogen-bond donors (Lipinski definition) is 3. The first-order valence-electron chi connectivity index (χ1n) is 13.1. The fourth-order valence-electron chi connectivity index (χ4n) is 5.05. The van der Waals surface area contributed by atoms with Crippen molar-refractivity contribution in [2.45, 2.75) is 69.1 Å². The summed E-state index contributed by atoms with van der Waals surface area (Å²) in [5.41, 5.74) is 7.93. The van der Waals surface area contributed by atoms with Crippen LogP contribution in [-0.2, 0) is 14.4 Å². The summed E-state index contributed by atoms with van der Waals surface area (Å²) >= 11 is 0. The van der Waals surface area contributed by atoms with Crippen LogP contribution < -0.4 is 11.1 Å². The molecule has 39 heavy (non-hydrogen) atoms. The molecule has 212 valence electrons. The van der Waals surface area contributed by atoms with Gasteiger partial charge < -0.3 is 21.1 Å². The van der Waals surface area contributed by atoms with E-state index in [1.807, 2.05) is 48.5 Å². The van der Waals surface area contributed by atoms with Gasteiger partial charge >= 0.3 is 12.1 Å².